The van der Waals surface area contributed by atoms with Crippen LogP contribution in [0.5, 0.6) is 5.88 Å². The zero-order valence-electron chi connectivity index (χ0n) is 22.0. The normalized spacial score (nSPS) is 28.4. The van der Waals surface area contributed by atoms with Crippen LogP contribution in [-0.4, -0.2) is 45.6 Å². The van der Waals surface area contributed by atoms with Crippen LogP contribution in [0, 0.1) is 23.2 Å². The third kappa shape index (κ3) is 5.53. The summed E-state index contributed by atoms with van der Waals surface area (Å²) >= 11 is 1.46. The van der Waals surface area contributed by atoms with Gasteiger partial charge in [0.1, 0.15) is 11.5 Å². The van der Waals surface area contributed by atoms with Gasteiger partial charge < -0.3 is 25.0 Å². The fraction of sp³-hybridized carbons (Fsp3) is 0.607. The molecule has 37 heavy (non-hydrogen) atoms. The van der Waals surface area contributed by atoms with E-state index in [0.717, 1.165) is 32.1 Å². The molecule has 2 aromatic rings. The van der Waals surface area contributed by atoms with Gasteiger partial charge in [-0.1, -0.05) is 32.0 Å². The van der Waals surface area contributed by atoms with Crippen LogP contribution in [0.4, 0.5) is 5.69 Å². The van der Waals surface area contributed by atoms with Crippen molar-refractivity contribution in [3.05, 3.63) is 36.1 Å². The van der Waals surface area contributed by atoms with Gasteiger partial charge in [0.15, 0.2) is 0 Å². The highest BCUT2D eigenvalue weighted by Crippen LogP contribution is 2.55. The second-order valence-corrected chi connectivity index (χ2v) is 13.6. The number of carbonyl (C=O) groups is 2. The van der Waals surface area contributed by atoms with Crippen molar-refractivity contribution < 1.29 is 24.0 Å². The Morgan fingerprint density at radius 1 is 1.19 bits per heavy atom. The summed E-state index contributed by atoms with van der Waals surface area (Å²) in [5.41, 5.74) is -0.685. The number of nitrogens with zero attached hydrogens (tertiary/aromatic N) is 1. The van der Waals surface area contributed by atoms with E-state index in [1.807, 2.05) is 44.2 Å². The molecule has 0 spiro atoms. The molecule has 2 atom stereocenters. The number of benzene rings is 1. The first-order valence-corrected chi connectivity index (χ1v) is 14.1. The maximum Gasteiger partial charge on any atom is 0.291 e. The van der Waals surface area contributed by atoms with Crippen molar-refractivity contribution in [3.8, 4) is 5.88 Å². The third-order valence-corrected chi connectivity index (χ3v) is 9.00. The van der Waals surface area contributed by atoms with Gasteiger partial charge in [0, 0.05) is 17.0 Å². The summed E-state index contributed by atoms with van der Waals surface area (Å²) in [6.45, 7) is 7.72. The van der Waals surface area contributed by atoms with E-state index in [2.05, 4.69) is 15.8 Å². The number of hydrogen-bond donors (Lipinski definition) is 3. The fourth-order valence-electron chi connectivity index (χ4n) is 6.41. The maximum absolute atomic E-state index is 13.4. The number of thioether (sulfide) groups is 1. The predicted octanol–water partition coefficient (Wildman–Crippen LogP) is 4.89. The number of para-hydroxylation sites is 1. The van der Waals surface area contributed by atoms with Gasteiger partial charge in [-0.05, 0) is 81.0 Å². The van der Waals surface area contributed by atoms with Crippen LogP contribution < -0.4 is 15.4 Å². The van der Waals surface area contributed by atoms with Crippen LogP contribution in [0.25, 0.3) is 0 Å². The standard InChI is InChI=1S/C28H37N3O5S/c1-16(2)37-23-22(24(32)30-21-18-10-17-11-19(21)14-28(34,12-17)13-18)36-31-25(23)35-15-27(3,4)26(33)29-20-8-6-5-7-9-20/h5-9,16-19,21,34H,10-15H2,1-4H3,(H,29,33)(H,30,32)/t17?,18?,19?,21-,28-. The van der Waals surface area contributed by atoms with Crippen LogP contribution in [0.1, 0.15) is 70.4 Å². The number of carbonyl (C=O) groups excluding carboxylic acids is 2. The summed E-state index contributed by atoms with van der Waals surface area (Å²) in [7, 11) is 0. The number of hydrogen-bond acceptors (Lipinski definition) is 7. The van der Waals surface area contributed by atoms with Crippen LogP contribution in [0.15, 0.2) is 39.8 Å². The summed E-state index contributed by atoms with van der Waals surface area (Å²) in [4.78, 5) is 26.8. The first kappa shape index (κ1) is 26.1. The number of aromatic nitrogens is 1. The Labute approximate surface area is 222 Å². The Hall–Kier alpha value is -2.52. The Morgan fingerprint density at radius 3 is 2.49 bits per heavy atom. The molecule has 200 valence electrons. The monoisotopic (exact) mass is 527 g/mol. The summed E-state index contributed by atoms with van der Waals surface area (Å²) in [5.74, 6) is 1.05. The average Bonchev–Trinajstić information content (AvgIpc) is 3.21. The van der Waals surface area contributed by atoms with E-state index in [1.54, 1.807) is 13.8 Å². The molecule has 4 aliphatic carbocycles. The van der Waals surface area contributed by atoms with E-state index in [9.17, 15) is 14.7 Å². The molecule has 1 aromatic carbocycles. The molecule has 0 aliphatic heterocycles. The highest BCUT2D eigenvalue weighted by Gasteiger charge is 2.55. The molecule has 4 fully saturated rings. The molecule has 8 nitrogen and oxygen atoms in total. The fourth-order valence-corrected chi connectivity index (χ4v) is 7.32. The quantitative estimate of drug-likeness (QED) is 0.398. The van der Waals surface area contributed by atoms with Crippen LogP contribution in [-0.2, 0) is 4.79 Å². The molecule has 4 saturated carbocycles. The van der Waals surface area contributed by atoms with Gasteiger partial charge in [-0.25, -0.2) is 0 Å². The van der Waals surface area contributed by atoms with Crippen molar-refractivity contribution in [3.63, 3.8) is 0 Å². The molecular weight excluding hydrogens is 490 g/mol. The van der Waals surface area contributed by atoms with Crippen molar-refractivity contribution in [1.82, 2.24) is 10.5 Å². The molecule has 6 rings (SSSR count). The van der Waals surface area contributed by atoms with Gasteiger partial charge in [-0.2, -0.15) is 0 Å². The number of nitrogens with one attached hydrogen (secondary N) is 2. The molecule has 2 unspecified atom stereocenters. The topological polar surface area (TPSA) is 114 Å². The summed E-state index contributed by atoms with van der Waals surface area (Å²) in [5, 5.41) is 21.3. The maximum atomic E-state index is 13.4. The SMILES string of the molecule is CC(C)Sc1c(OCC(C)(C)C(=O)Nc2ccccc2)noc1C(=O)N[C@H]1C2CC3CC1C[C@](O)(C3)C2. The lowest BCUT2D eigenvalue weighted by molar-refractivity contribution is -0.137. The van der Waals surface area contributed by atoms with Crippen molar-refractivity contribution >= 4 is 29.3 Å². The van der Waals surface area contributed by atoms with Gasteiger partial charge >= 0.3 is 0 Å². The Morgan fingerprint density at radius 2 is 1.86 bits per heavy atom. The van der Waals surface area contributed by atoms with E-state index < -0.39 is 11.0 Å². The number of ether oxygens (including phenoxy) is 1. The molecular formula is C28H37N3O5S. The van der Waals surface area contributed by atoms with E-state index in [4.69, 9.17) is 9.26 Å². The van der Waals surface area contributed by atoms with Gasteiger partial charge in [-0.3, -0.25) is 9.59 Å². The number of amides is 2. The molecule has 0 radical (unpaired) electrons. The zero-order valence-corrected chi connectivity index (χ0v) is 22.8. The highest BCUT2D eigenvalue weighted by atomic mass is 32.2. The minimum absolute atomic E-state index is 0.0382. The van der Waals surface area contributed by atoms with Crippen LogP contribution in [0.3, 0.4) is 0 Å². The van der Waals surface area contributed by atoms with Crippen molar-refractivity contribution in [2.45, 2.75) is 81.6 Å². The summed E-state index contributed by atoms with van der Waals surface area (Å²) in [6, 6.07) is 9.32. The molecule has 2 amide bonds. The van der Waals surface area contributed by atoms with Crippen molar-refractivity contribution in [2.24, 2.45) is 23.2 Å². The smallest absolute Gasteiger partial charge is 0.291 e. The first-order valence-electron chi connectivity index (χ1n) is 13.2. The predicted molar refractivity (Wildman–Crippen MR) is 142 cm³/mol. The number of anilines is 1. The molecule has 4 bridgehead atoms. The van der Waals surface area contributed by atoms with Gasteiger partial charge in [0.05, 0.1) is 11.0 Å². The van der Waals surface area contributed by atoms with E-state index >= 15 is 0 Å². The summed E-state index contributed by atoms with van der Waals surface area (Å²) < 4.78 is 11.5. The van der Waals surface area contributed by atoms with Crippen LogP contribution in [0.2, 0.25) is 0 Å². The van der Waals surface area contributed by atoms with Gasteiger partial charge in [0.2, 0.25) is 11.7 Å². The second-order valence-electron chi connectivity index (χ2n) is 12.0. The van der Waals surface area contributed by atoms with Gasteiger partial charge in [0.25, 0.3) is 11.8 Å². The van der Waals surface area contributed by atoms with E-state index in [0.29, 0.717) is 28.3 Å². The highest BCUT2D eigenvalue weighted by molar-refractivity contribution is 8.00. The van der Waals surface area contributed by atoms with Crippen molar-refractivity contribution in [1.29, 1.82) is 0 Å². The Balaban J connectivity index is 1.27. The molecule has 3 N–H and O–H groups in total. The molecule has 1 heterocycles. The first-order chi connectivity index (χ1) is 17.5. The molecule has 9 heteroatoms. The second kappa shape index (κ2) is 9.98. The zero-order chi connectivity index (χ0) is 26.4. The van der Waals surface area contributed by atoms with Crippen LogP contribution >= 0.6 is 11.8 Å². The lowest BCUT2D eigenvalue weighted by Crippen LogP contribution is -2.61. The number of aliphatic hydroxyl groups is 1. The largest absolute Gasteiger partial charge is 0.474 e. The number of rotatable bonds is 9. The molecule has 0 saturated heterocycles. The Kier molecular flexibility index (Phi) is 7.04. The van der Waals surface area contributed by atoms with E-state index in [1.165, 1.54) is 11.8 Å². The Bertz CT molecular complexity index is 1130. The minimum Gasteiger partial charge on any atom is -0.474 e. The molecule has 4 aliphatic rings. The average molecular weight is 528 g/mol. The third-order valence-electron chi connectivity index (χ3n) is 7.93. The molecule has 1 aromatic heterocycles. The van der Waals surface area contributed by atoms with Crippen molar-refractivity contribution in [2.75, 3.05) is 11.9 Å². The van der Waals surface area contributed by atoms with E-state index in [-0.39, 0.29) is 41.4 Å². The van der Waals surface area contributed by atoms with Gasteiger partial charge in [-0.15, -0.1) is 11.8 Å². The lowest BCUT2D eigenvalue weighted by atomic mass is 9.52. The lowest BCUT2D eigenvalue weighted by Gasteiger charge is -2.58. The summed E-state index contributed by atoms with van der Waals surface area (Å²) in [6.07, 6.45) is 4.52. The minimum atomic E-state index is -0.850.